The summed E-state index contributed by atoms with van der Waals surface area (Å²) in [6.07, 6.45) is 3.44. The van der Waals surface area contributed by atoms with Crippen molar-refractivity contribution in [1.29, 1.82) is 5.26 Å². The van der Waals surface area contributed by atoms with Gasteiger partial charge in [0.2, 0.25) is 11.9 Å². The molecule has 0 N–H and O–H groups in total. The van der Waals surface area contributed by atoms with Crippen LogP contribution in [0, 0.1) is 11.3 Å². The van der Waals surface area contributed by atoms with Crippen LogP contribution < -0.4 is 4.90 Å². The normalized spacial score (nSPS) is 13.5. The minimum absolute atomic E-state index is 0.0203. The summed E-state index contributed by atoms with van der Waals surface area (Å²) < 4.78 is 1.65. The molecule has 0 spiro atoms. The molecule has 0 radical (unpaired) electrons. The maximum Gasteiger partial charge on any atom is 0.244 e. The number of hydrogen-bond donors (Lipinski definition) is 0. The molecule has 3 heterocycles. The molecule has 0 saturated carbocycles. The predicted molar refractivity (Wildman–Crippen MR) is 126 cm³/mol. The van der Waals surface area contributed by atoms with E-state index in [1.54, 1.807) is 41.3 Å². The molecule has 168 valence electrons. The first-order valence-corrected chi connectivity index (χ1v) is 11.0. The minimum atomic E-state index is -0.0203. The Hall–Kier alpha value is -4.58. The molecule has 34 heavy (non-hydrogen) atoms. The monoisotopic (exact) mass is 450 g/mol. The van der Waals surface area contributed by atoms with Crippen molar-refractivity contribution in [1.82, 2.24) is 29.6 Å². The van der Waals surface area contributed by atoms with Crippen LogP contribution in [0.5, 0.6) is 0 Å². The van der Waals surface area contributed by atoms with Gasteiger partial charge in [0.25, 0.3) is 0 Å². The lowest BCUT2D eigenvalue weighted by molar-refractivity contribution is -0.132. The zero-order valence-corrected chi connectivity index (χ0v) is 18.4. The molecule has 2 aromatic heterocycles. The molecular formula is C25H22N8O. The molecule has 0 bridgehead atoms. The number of rotatable bonds is 5. The van der Waals surface area contributed by atoms with E-state index in [0.29, 0.717) is 49.3 Å². The van der Waals surface area contributed by atoms with Gasteiger partial charge < -0.3 is 9.80 Å². The zero-order valence-electron chi connectivity index (χ0n) is 18.4. The van der Waals surface area contributed by atoms with Crippen molar-refractivity contribution in [2.24, 2.45) is 0 Å². The van der Waals surface area contributed by atoms with Gasteiger partial charge in [-0.1, -0.05) is 42.5 Å². The highest BCUT2D eigenvalue weighted by Gasteiger charge is 2.24. The van der Waals surface area contributed by atoms with Gasteiger partial charge >= 0.3 is 0 Å². The number of aromatic nitrogens is 5. The van der Waals surface area contributed by atoms with Crippen LogP contribution in [-0.2, 0) is 11.3 Å². The van der Waals surface area contributed by atoms with Crippen LogP contribution in [0.3, 0.4) is 0 Å². The Bertz CT molecular complexity index is 1320. The Balaban J connectivity index is 1.37. The first kappa shape index (κ1) is 21.3. The third-order valence-electron chi connectivity index (χ3n) is 5.71. The highest BCUT2D eigenvalue weighted by atomic mass is 16.2. The fourth-order valence-corrected chi connectivity index (χ4v) is 3.94. The number of nitrogens with zero attached hydrogens (tertiary/aromatic N) is 8. The third-order valence-corrected chi connectivity index (χ3v) is 5.71. The van der Waals surface area contributed by atoms with Crippen molar-refractivity contribution < 1.29 is 4.79 Å². The van der Waals surface area contributed by atoms with Crippen LogP contribution in [0.4, 0.5) is 5.95 Å². The van der Waals surface area contributed by atoms with Crippen molar-refractivity contribution in [3.63, 3.8) is 0 Å². The Morgan fingerprint density at radius 2 is 1.65 bits per heavy atom. The lowest BCUT2D eigenvalue weighted by Gasteiger charge is -2.34. The van der Waals surface area contributed by atoms with E-state index in [1.165, 1.54) is 0 Å². The lowest BCUT2D eigenvalue weighted by atomic mass is 10.1. The lowest BCUT2D eigenvalue weighted by Crippen LogP contribution is -2.50. The molecule has 1 aliphatic rings. The second-order valence-corrected chi connectivity index (χ2v) is 7.89. The molecule has 1 aliphatic heterocycles. The van der Waals surface area contributed by atoms with Gasteiger partial charge in [-0.25, -0.2) is 19.6 Å². The first-order valence-electron chi connectivity index (χ1n) is 11.0. The summed E-state index contributed by atoms with van der Waals surface area (Å²) in [7, 11) is 0. The summed E-state index contributed by atoms with van der Waals surface area (Å²) in [4.78, 5) is 30.4. The molecular weight excluding hydrogens is 428 g/mol. The molecule has 5 rings (SSSR count). The summed E-state index contributed by atoms with van der Waals surface area (Å²) in [5.41, 5.74) is 2.14. The van der Waals surface area contributed by atoms with Crippen molar-refractivity contribution in [3.05, 3.63) is 78.6 Å². The predicted octanol–water partition coefficient (Wildman–Crippen LogP) is 2.62. The standard InChI is InChI=1S/C25H22N8O/c26-17-19-6-4-9-21(16-19)23-29-24(20-7-2-1-3-8-20)33(30-23)18-22(34)31-12-14-32(15-13-31)25-27-10-5-11-28-25/h1-11,16H,12-15,18H2. The van der Waals surface area contributed by atoms with Crippen molar-refractivity contribution >= 4 is 11.9 Å². The van der Waals surface area contributed by atoms with E-state index in [9.17, 15) is 10.1 Å². The number of hydrogen-bond acceptors (Lipinski definition) is 7. The van der Waals surface area contributed by atoms with Gasteiger partial charge in [-0.15, -0.1) is 5.10 Å². The second-order valence-electron chi connectivity index (χ2n) is 7.89. The Labute approximate surface area is 196 Å². The quantitative estimate of drug-likeness (QED) is 0.460. The Kier molecular flexibility index (Phi) is 5.95. The smallest absolute Gasteiger partial charge is 0.244 e. The number of piperazine rings is 1. The molecule has 0 atom stereocenters. The zero-order chi connectivity index (χ0) is 23.3. The van der Waals surface area contributed by atoms with E-state index in [1.807, 2.05) is 41.3 Å². The maximum absolute atomic E-state index is 13.2. The molecule has 1 saturated heterocycles. The number of carbonyl (C=O) groups is 1. The summed E-state index contributed by atoms with van der Waals surface area (Å²) in [5, 5.41) is 13.9. The SMILES string of the molecule is N#Cc1cccc(-c2nc(-c3ccccc3)n(CC(=O)N3CCN(c4ncccn4)CC3)n2)c1. The topological polar surface area (TPSA) is 104 Å². The summed E-state index contributed by atoms with van der Waals surface area (Å²) in [5.74, 6) is 1.76. The van der Waals surface area contributed by atoms with Gasteiger partial charge in [0.1, 0.15) is 6.54 Å². The fraction of sp³-hybridized carbons (Fsp3) is 0.200. The van der Waals surface area contributed by atoms with E-state index in [0.717, 1.165) is 11.1 Å². The van der Waals surface area contributed by atoms with Gasteiger partial charge in [0, 0.05) is 49.7 Å². The first-order chi connectivity index (χ1) is 16.7. The van der Waals surface area contributed by atoms with E-state index in [4.69, 9.17) is 4.98 Å². The molecule has 0 unspecified atom stereocenters. The van der Waals surface area contributed by atoms with E-state index < -0.39 is 0 Å². The van der Waals surface area contributed by atoms with Crippen molar-refractivity contribution in [3.8, 4) is 28.8 Å². The van der Waals surface area contributed by atoms with Crippen LogP contribution in [0.25, 0.3) is 22.8 Å². The second kappa shape index (κ2) is 9.50. The third kappa shape index (κ3) is 4.47. The van der Waals surface area contributed by atoms with E-state index >= 15 is 0 Å². The molecule has 2 aromatic carbocycles. The number of carbonyl (C=O) groups excluding carboxylic acids is 1. The highest BCUT2D eigenvalue weighted by molar-refractivity contribution is 5.77. The maximum atomic E-state index is 13.2. The molecule has 9 nitrogen and oxygen atoms in total. The summed E-state index contributed by atoms with van der Waals surface area (Å²) in [6, 6.07) is 20.8. The number of anilines is 1. The number of benzene rings is 2. The minimum Gasteiger partial charge on any atom is -0.338 e. The Morgan fingerprint density at radius 1 is 0.912 bits per heavy atom. The van der Waals surface area contributed by atoms with Gasteiger partial charge in [-0.2, -0.15) is 5.26 Å². The largest absolute Gasteiger partial charge is 0.338 e. The van der Waals surface area contributed by atoms with Gasteiger partial charge in [-0.05, 0) is 18.2 Å². The molecule has 1 fully saturated rings. The van der Waals surface area contributed by atoms with Gasteiger partial charge in [0.05, 0.1) is 11.6 Å². The number of nitriles is 1. The molecule has 1 amide bonds. The van der Waals surface area contributed by atoms with E-state index in [2.05, 4.69) is 26.0 Å². The average molecular weight is 451 g/mol. The van der Waals surface area contributed by atoms with Crippen LogP contribution in [0.15, 0.2) is 73.1 Å². The van der Waals surface area contributed by atoms with Crippen LogP contribution in [0.1, 0.15) is 5.56 Å². The van der Waals surface area contributed by atoms with Crippen LogP contribution >= 0.6 is 0 Å². The van der Waals surface area contributed by atoms with Crippen LogP contribution in [-0.4, -0.2) is 61.7 Å². The average Bonchev–Trinajstić information content (AvgIpc) is 3.33. The summed E-state index contributed by atoms with van der Waals surface area (Å²) in [6.45, 7) is 2.60. The Morgan fingerprint density at radius 3 is 2.38 bits per heavy atom. The van der Waals surface area contributed by atoms with Crippen molar-refractivity contribution in [2.75, 3.05) is 31.1 Å². The fourth-order valence-electron chi connectivity index (χ4n) is 3.94. The van der Waals surface area contributed by atoms with Gasteiger partial charge in [-0.3, -0.25) is 4.79 Å². The molecule has 4 aromatic rings. The van der Waals surface area contributed by atoms with Crippen molar-refractivity contribution in [2.45, 2.75) is 6.54 Å². The molecule has 9 heteroatoms. The van der Waals surface area contributed by atoms with E-state index in [-0.39, 0.29) is 12.5 Å². The number of amides is 1. The molecule has 0 aliphatic carbocycles. The summed E-state index contributed by atoms with van der Waals surface area (Å²) >= 11 is 0. The van der Waals surface area contributed by atoms with Crippen LogP contribution in [0.2, 0.25) is 0 Å². The van der Waals surface area contributed by atoms with Gasteiger partial charge in [0.15, 0.2) is 11.6 Å². The highest BCUT2D eigenvalue weighted by Crippen LogP contribution is 2.23.